The Bertz CT molecular complexity index is 1280. The molecular formula is C28H34N6O2. The number of hydrogen-bond donors (Lipinski definition) is 3. The fourth-order valence-corrected chi connectivity index (χ4v) is 5.13. The van der Waals surface area contributed by atoms with Crippen LogP contribution in [0.2, 0.25) is 0 Å². The first-order valence-electron chi connectivity index (χ1n) is 12.5. The Hall–Kier alpha value is -3.46. The molecule has 0 unspecified atom stereocenters. The van der Waals surface area contributed by atoms with Crippen LogP contribution >= 0.6 is 0 Å². The lowest BCUT2D eigenvalue weighted by atomic mass is 9.91. The van der Waals surface area contributed by atoms with Crippen molar-refractivity contribution in [1.82, 2.24) is 24.8 Å². The third kappa shape index (κ3) is 5.36. The normalized spacial score (nSPS) is 19.3. The molecule has 1 saturated heterocycles. The van der Waals surface area contributed by atoms with Crippen molar-refractivity contribution in [2.75, 3.05) is 32.1 Å². The van der Waals surface area contributed by atoms with E-state index in [0.29, 0.717) is 0 Å². The second kappa shape index (κ2) is 11.1. The highest BCUT2D eigenvalue weighted by atomic mass is 16.5. The van der Waals surface area contributed by atoms with Crippen molar-refractivity contribution in [2.24, 2.45) is 5.92 Å². The van der Waals surface area contributed by atoms with E-state index in [4.69, 9.17) is 4.74 Å². The van der Waals surface area contributed by atoms with Crippen LogP contribution in [0.5, 0.6) is 5.75 Å². The number of methoxy groups -OCH3 is 1. The molecule has 0 radical (unpaired) electrons. The van der Waals surface area contributed by atoms with E-state index in [2.05, 4.69) is 62.9 Å². The van der Waals surface area contributed by atoms with Crippen LogP contribution in [0, 0.1) is 5.92 Å². The average Bonchev–Trinajstić information content (AvgIpc) is 3.33. The third-order valence-corrected chi connectivity index (χ3v) is 7.08. The summed E-state index contributed by atoms with van der Waals surface area (Å²) in [7, 11) is 1.66. The number of ether oxygens (including phenoxy) is 1. The molecule has 8 nitrogen and oxygen atoms in total. The minimum atomic E-state index is 0.165. The van der Waals surface area contributed by atoms with Crippen molar-refractivity contribution >= 4 is 17.0 Å². The molecule has 0 spiro atoms. The molecule has 3 N–H and O–H groups in total. The number of hydrogen-bond acceptors (Lipinski definition) is 7. The van der Waals surface area contributed by atoms with Gasteiger partial charge in [0.1, 0.15) is 17.6 Å². The van der Waals surface area contributed by atoms with Gasteiger partial charge in [-0.3, -0.25) is 4.90 Å². The van der Waals surface area contributed by atoms with Crippen LogP contribution in [0.25, 0.3) is 5.52 Å². The molecule has 8 heteroatoms. The summed E-state index contributed by atoms with van der Waals surface area (Å²) >= 11 is 0. The van der Waals surface area contributed by atoms with E-state index < -0.39 is 0 Å². The Kier molecular flexibility index (Phi) is 7.46. The number of anilines is 2. The molecule has 4 aromatic rings. The summed E-state index contributed by atoms with van der Waals surface area (Å²) in [5, 5.41) is 21.8. The Balaban J connectivity index is 1.29. The maximum absolute atomic E-state index is 10.2. The van der Waals surface area contributed by atoms with Crippen LogP contribution in [0.1, 0.15) is 30.5 Å². The van der Waals surface area contributed by atoms with Gasteiger partial charge < -0.3 is 20.5 Å². The van der Waals surface area contributed by atoms with E-state index in [-0.39, 0.29) is 24.6 Å². The fraction of sp³-hybridized carbons (Fsp3) is 0.357. The predicted octanol–water partition coefficient (Wildman–Crippen LogP) is 4.02. The number of likely N-dealkylation sites (tertiary alicyclic amines) is 1. The molecule has 1 aliphatic heterocycles. The Morgan fingerprint density at radius 2 is 2.00 bits per heavy atom. The molecule has 2 aromatic heterocycles. The van der Waals surface area contributed by atoms with E-state index in [1.54, 1.807) is 13.4 Å². The second-order valence-electron chi connectivity index (χ2n) is 9.47. The monoisotopic (exact) mass is 486 g/mol. The summed E-state index contributed by atoms with van der Waals surface area (Å²) in [6.45, 7) is 4.92. The number of nitrogens with one attached hydrogen (secondary N) is 2. The van der Waals surface area contributed by atoms with E-state index in [9.17, 15) is 5.11 Å². The van der Waals surface area contributed by atoms with Gasteiger partial charge in [0.2, 0.25) is 0 Å². The Morgan fingerprint density at radius 3 is 2.81 bits per heavy atom. The summed E-state index contributed by atoms with van der Waals surface area (Å²) in [5.74, 6) is 1.71. The first-order valence-corrected chi connectivity index (χ1v) is 12.5. The van der Waals surface area contributed by atoms with Crippen LogP contribution in [-0.2, 0) is 6.54 Å². The van der Waals surface area contributed by atoms with Gasteiger partial charge in [0.15, 0.2) is 5.82 Å². The quantitative estimate of drug-likeness (QED) is 0.329. The minimum absolute atomic E-state index is 0.165. The summed E-state index contributed by atoms with van der Waals surface area (Å²) in [6, 6.07) is 20.9. The molecule has 3 heterocycles. The zero-order chi connectivity index (χ0) is 24.9. The number of fused-ring (bicyclic) bond motifs is 1. The highest BCUT2D eigenvalue weighted by Gasteiger charge is 2.30. The number of rotatable bonds is 9. The van der Waals surface area contributed by atoms with Crippen LogP contribution in [0.4, 0.5) is 11.5 Å². The molecule has 2 aromatic carbocycles. The Morgan fingerprint density at radius 1 is 1.14 bits per heavy atom. The standard InChI is InChI=1S/C28H34N6O2/c1-20(21-7-4-3-5-8-21)31-26-12-13-33(17-23(26)18-35)16-22-11-14-34-27(22)28(29-19-30-34)32-24-9-6-10-25(15-24)36-2/h3-11,14-15,19-20,23,26,31,35H,12-13,16-18H2,1-2H3,(H,29,30,32)/t20-,23+,26-/m1/s1. The van der Waals surface area contributed by atoms with Crippen LogP contribution in [0.3, 0.4) is 0 Å². The SMILES string of the molecule is COc1cccc(Nc2ncnn3ccc(CN4CC[C@@H](N[C@H](C)c5ccccc5)[C@H](CO)C4)c23)c1. The second-order valence-corrected chi connectivity index (χ2v) is 9.47. The van der Waals surface area contributed by atoms with Gasteiger partial charge in [0, 0.05) is 55.6 Å². The highest BCUT2D eigenvalue weighted by Crippen LogP contribution is 2.28. The smallest absolute Gasteiger partial charge is 0.158 e. The number of aliphatic hydroxyl groups excluding tert-OH is 1. The number of aliphatic hydroxyl groups is 1. The van der Waals surface area contributed by atoms with E-state index in [1.165, 1.54) is 5.56 Å². The predicted molar refractivity (Wildman–Crippen MR) is 142 cm³/mol. The number of piperidine rings is 1. The van der Waals surface area contributed by atoms with Crippen LogP contribution in [0.15, 0.2) is 73.2 Å². The lowest BCUT2D eigenvalue weighted by Crippen LogP contribution is -2.50. The molecular weight excluding hydrogens is 452 g/mol. The van der Waals surface area contributed by atoms with Crippen LogP contribution < -0.4 is 15.4 Å². The van der Waals surface area contributed by atoms with Gasteiger partial charge in [-0.15, -0.1) is 0 Å². The van der Waals surface area contributed by atoms with Gasteiger partial charge in [0.25, 0.3) is 0 Å². The van der Waals surface area contributed by atoms with E-state index >= 15 is 0 Å². The largest absolute Gasteiger partial charge is 0.497 e. The zero-order valence-electron chi connectivity index (χ0n) is 20.8. The summed E-state index contributed by atoms with van der Waals surface area (Å²) in [6.07, 6.45) is 4.52. The number of benzene rings is 2. The summed E-state index contributed by atoms with van der Waals surface area (Å²) in [5.41, 5.74) is 4.29. The first kappa shape index (κ1) is 24.2. The number of nitrogens with zero attached hydrogens (tertiary/aromatic N) is 4. The van der Waals surface area contributed by atoms with E-state index in [1.807, 2.05) is 41.0 Å². The van der Waals surface area contributed by atoms with Crippen molar-refractivity contribution in [3.8, 4) is 5.75 Å². The van der Waals surface area contributed by atoms with Crippen LogP contribution in [-0.4, -0.2) is 57.5 Å². The molecule has 0 aliphatic carbocycles. The molecule has 0 saturated carbocycles. The first-order chi connectivity index (χ1) is 17.6. The topological polar surface area (TPSA) is 87.0 Å². The van der Waals surface area contributed by atoms with Crippen molar-refractivity contribution in [3.05, 3.63) is 84.3 Å². The summed E-state index contributed by atoms with van der Waals surface area (Å²) < 4.78 is 7.22. The van der Waals surface area contributed by atoms with Gasteiger partial charge in [-0.2, -0.15) is 5.10 Å². The van der Waals surface area contributed by atoms with Gasteiger partial charge in [0.05, 0.1) is 7.11 Å². The Labute approximate surface area is 211 Å². The van der Waals surface area contributed by atoms with Gasteiger partial charge in [-0.05, 0) is 49.2 Å². The molecule has 0 amide bonds. The molecule has 5 rings (SSSR count). The molecule has 0 bridgehead atoms. The average molecular weight is 487 g/mol. The van der Waals surface area contributed by atoms with Gasteiger partial charge in [-0.25, -0.2) is 9.50 Å². The van der Waals surface area contributed by atoms with Crippen molar-refractivity contribution < 1.29 is 9.84 Å². The van der Waals surface area contributed by atoms with Crippen molar-refractivity contribution in [2.45, 2.75) is 32.0 Å². The van der Waals surface area contributed by atoms with E-state index in [0.717, 1.165) is 54.4 Å². The maximum atomic E-state index is 10.2. The molecule has 188 valence electrons. The molecule has 36 heavy (non-hydrogen) atoms. The zero-order valence-corrected chi connectivity index (χ0v) is 20.8. The van der Waals surface area contributed by atoms with Gasteiger partial charge in [-0.1, -0.05) is 36.4 Å². The lowest BCUT2D eigenvalue weighted by molar-refractivity contribution is 0.0818. The third-order valence-electron chi connectivity index (χ3n) is 7.08. The minimum Gasteiger partial charge on any atom is -0.497 e. The van der Waals surface area contributed by atoms with Crippen molar-refractivity contribution in [1.29, 1.82) is 0 Å². The van der Waals surface area contributed by atoms with Crippen molar-refractivity contribution in [3.63, 3.8) is 0 Å². The molecule has 1 fully saturated rings. The maximum Gasteiger partial charge on any atom is 0.158 e. The van der Waals surface area contributed by atoms with Gasteiger partial charge >= 0.3 is 0 Å². The highest BCUT2D eigenvalue weighted by molar-refractivity contribution is 5.76. The fourth-order valence-electron chi connectivity index (χ4n) is 5.13. The molecule has 1 aliphatic rings. The molecule has 3 atom stereocenters. The number of aromatic nitrogens is 3. The summed E-state index contributed by atoms with van der Waals surface area (Å²) in [4.78, 5) is 6.96. The lowest BCUT2D eigenvalue weighted by Gasteiger charge is -2.39.